The Bertz CT molecular complexity index is 686. The minimum atomic E-state index is -0.0104. The molecular formula is C24H33NO2. The molecule has 2 aromatic rings. The van der Waals surface area contributed by atoms with Crippen LogP contribution in [0.5, 0.6) is 5.75 Å². The first-order chi connectivity index (χ1) is 12.9. The molecule has 2 atom stereocenters. The van der Waals surface area contributed by atoms with Crippen molar-refractivity contribution < 1.29 is 9.47 Å². The summed E-state index contributed by atoms with van der Waals surface area (Å²) in [5, 5.41) is 0. The summed E-state index contributed by atoms with van der Waals surface area (Å²) in [6.07, 6.45) is 1.70. The van der Waals surface area contributed by atoms with Crippen molar-refractivity contribution in [3.8, 4) is 5.75 Å². The zero-order chi connectivity index (χ0) is 19.3. The summed E-state index contributed by atoms with van der Waals surface area (Å²) < 4.78 is 11.8. The summed E-state index contributed by atoms with van der Waals surface area (Å²) in [7, 11) is 0. The van der Waals surface area contributed by atoms with Gasteiger partial charge in [-0.05, 0) is 43.5 Å². The summed E-state index contributed by atoms with van der Waals surface area (Å²) in [5.74, 6) is 0.950. The first-order valence-corrected chi connectivity index (χ1v) is 10.1. The van der Waals surface area contributed by atoms with E-state index in [9.17, 15) is 0 Å². The third-order valence-electron chi connectivity index (χ3n) is 5.45. The monoisotopic (exact) mass is 367 g/mol. The van der Waals surface area contributed by atoms with Crippen LogP contribution < -0.4 is 4.74 Å². The van der Waals surface area contributed by atoms with Crippen molar-refractivity contribution in [2.45, 2.75) is 51.7 Å². The predicted molar refractivity (Wildman–Crippen MR) is 112 cm³/mol. The topological polar surface area (TPSA) is 21.7 Å². The molecular weight excluding hydrogens is 334 g/mol. The Hall–Kier alpha value is -1.84. The molecule has 3 heteroatoms. The molecule has 3 rings (SSSR count). The molecule has 0 radical (unpaired) electrons. The van der Waals surface area contributed by atoms with E-state index in [0.717, 1.165) is 38.4 Å². The Labute approximate surface area is 164 Å². The summed E-state index contributed by atoms with van der Waals surface area (Å²) in [4.78, 5) is 2.48. The summed E-state index contributed by atoms with van der Waals surface area (Å²) in [6.45, 7) is 12.7. The lowest BCUT2D eigenvalue weighted by Crippen LogP contribution is -2.45. The molecule has 1 aliphatic rings. The minimum Gasteiger partial charge on any atom is -0.494 e. The van der Waals surface area contributed by atoms with Gasteiger partial charge in [0, 0.05) is 25.0 Å². The van der Waals surface area contributed by atoms with Crippen LogP contribution in [0.15, 0.2) is 54.6 Å². The van der Waals surface area contributed by atoms with Gasteiger partial charge in [-0.15, -0.1) is 0 Å². The average molecular weight is 368 g/mol. The third kappa shape index (κ3) is 5.33. The third-order valence-corrected chi connectivity index (χ3v) is 5.45. The Morgan fingerprint density at radius 1 is 0.926 bits per heavy atom. The number of hydrogen-bond donors (Lipinski definition) is 0. The van der Waals surface area contributed by atoms with Gasteiger partial charge in [-0.3, -0.25) is 4.90 Å². The van der Waals surface area contributed by atoms with Gasteiger partial charge in [0.15, 0.2) is 0 Å². The van der Waals surface area contributed by atoms with Gasteiger partial charge in [0.1, 0.15) is 5.75 Å². The lowest BCUT2D eigenvalue weighted by atomic mass is 9.78. The molecule has 0 amide bonds. The molecule has 3 nitrogen and oxygen atoms in total. The first-order valence-electron chi connectivity index (χ1n) is 10.1. The van der Waals surface area contributed by atoms with Crippen molar-refractivity contribution in [1.29, 1.82) is 0 Å². The normalized spacial score (nSPS) is 21.2. The molecule has 2 aromatic carbocycles. The van der Waals surface area contributed by atoms with Crippen LogP contribution in [0.2, 0.25) is 0 Å². The Kier molecular flexibility index (Phi) is 6.56. The van der Waals surface area contributed by atoms with E-state index in [-0.39, 0.29) is 5.41 Å². The van der Waals surface area contributed by atoms with Gasteiger partial charge in [-0.1, -0.05) is 56.3 Å². The first kappa shape index (κ1) is 19.9. The molecule has 0 aromatic heterocycles. The molecule has 146 valence electrons. The Morgan fingerprint density at radius 3 is 2.15 bits per heavy atom. The highest BCUT2D eigenvalue weighted by molar-refractivity contribution is 5.39. The van der Waals surface area contributed by atoms with Gasteiger partial charge in [0.2, 0.25) is 0 Å². The number of morpholine rings is 1. The van der Waals surface area contributed by atoms with Crippen molar-refractivity contribution >= 4 is 0 Å². The second kappa shape index (κ2) is 8.90. The molecule has 1 fully saturated rings. The highest BCUT2D eigenvalue weighted by Gasteiger charge is 2.23. The molecule has 27 heavy (non-hydrogen) atoms. The molecule has 1 heterocycles. The average Bonchev–Trinajstić information content (AvgIpc) is 2.66. The van der Waals surface area contributed by atoms with E-state index in [2.05, 4.69) is 87.2 Å². The van der Waals surface area contributed by atoms with E-state index in [4.69, 9.17) is 9.47 Å². The fourth-order valence-electron chi connectivity index (χ4n) is 3.93. The van der Waals surface area contributed by atoms with Crippen LogP contribution in [-0.4, -0.2) is 43.3 Å². The number of rotatable bonds is 7. The molecule has 0 aliphatic carbocycles. The van der Waals surface area contributed by atoms with Gasteiger partial charge in [-0.2, -0.15) is 0 Å². The molecule has 0 spiro atoms. The van der Waals surface area contributed by atoms with Gasteiger partial charge < -0.3 is 9.47 Å². The van der Waals surface area contributed by atoms with Crippen LogP contribution in [-0.2, 0) is 10.2 Å². The van der Waals surface area contributed by atoms with Crippen LogP contribution in [0.4, 0.5) is 0 Å². The second-order valence-corrected chi connectivity index (χ2v) is 8.23. The molecule has 0 unspecified atom stereocenters. The lowest BCUT2D eigenvalue weighted by molar-refractivity contribution is -0.0686. The fraction of sp³-hybridized carbons (Fsp3) is 0.500. The summed E-state index contributed by atoms with van der Waals surface area (Å²) in [5.41, 5.74) is 2.62. The van der Waals surface area contributed by atoms with Gasteiger partial charge in [0.05, 0.1) is 18.8 Å². The van der Waals surface area contributed by atoms with Crippen molar-refractivity contribution in [1.82, 2.24) is 4.90 Å². The minimum absolute atomic E-state index is 0.0104. The zero-order valence-electron chi connectivity index (χ0n) is 17.2. The van der Waals surface area contributed by atoms with Crippen LogP contribution in [0, 0.1) is 0 Å². The standard InChI is InChI=1S/C24H33NO2/c1-19-17-25(18-20(2)27-19)15-8-16-26-23-13-11-22(12-14-23)24(3,4)21-9-6-5-7-10-21/h5-7,9-14,19-20H,8,15-18H2,1-4H3/t19-,20-/m1/s1. The Morgan fingerprint density at radius 2 is 1.52 bits per heavy atom. The van der Waals surface area contributed by atoms with E-state index >= 15 is 0 Å². The smallest absolute Gasteiger partial charge is 0.119 e. The van der Waals surface area contributed by atoms with Gasteiger partial charge >= 0.3 is 0 Å². The predicted octanol–water partition coefficient (Wildman–Crippen LogP) is 4.89. The molecule has 1 saturated heterocycles. The van der Waals surface area contributed by atoms with E-state index in [0.29, 0.717) is 12.2 Å². The maximum atomic E-state index is 5.97. The number of nitrogens with zero attached hydrogens (tertiary/aromatic N) is 1. The highest BCUT2D eigenvalue weighted by atomic mass is 16.5. The Balaban J connectivity index is 1.48. The fourth-order valence-corrected chi connectivity index (χ4v) is 3.93. The van der Waals surface area contributed by atoms with E-state index < -0.39 is 0 Å². The molecule has 0 bridgehead atoms. The lowest BCUT2D eigenvalue weighted by Gasteiger charge is -2.35. The van der Waals surface area contributed by atoms with E-state index in [1.807, 2.05) is 0 Å². The van der Waals surface area contributed by atoms with Crippen LogP contribution in [0.1, 0.15) is 45.2 Å². The molecule has 0 N–H and O–H groups in total. The summed E-state index contributed by atoms with van der Waals surface area (Å²) >= 11 is 0. The van der Waals surface area contributed by atoms with Gasteiger partial charge in [0.25, 0.3) is 0 Å². The largest absolute Gasteiger partial charge is 0.494 e. The van der Waals surface area contributed by atoms with Crippen LogP contribution >= 0.6 is 0 Å². The zero-order valence-corrected chi connectivity index (χ0v) is 17.2. The maximum Gasteiger partial charge on any atom is 0.119 e. The SMILES string of the molecule is C[C@@H]1CN(CCCOc2ccc(C(C)(C)c3ccccc3)cc2)C[C@@H](C)O1. The van der Waals surface area contributed by atoms with E-state index in [1.165, 1.54) is 11.1 Å². The number of hydrogen-bond acceptors (Lipinski definition) is 3. The van der Waals surface area contributed by atoms with E-state index in [1.54, 1.807) is 0 Å². The van der Waals surface area contributed by atoms with Crippen molar-refractivity contribution in [2.24, 2.45) is 0 Å². The van der Waals surface area contributed by atoms with Crippen LogP contribution in [0.25, 0.3) is 0 Å². The van der Waals surface area contributed by atoms with Crippen molar-refractivity contribution in [3.05, 3.63) is 65.7 Å². The van der Waals surface area contributed by atoms with Crippen LogP contribution in [0.3, 0.4) is 0 Å². The van der Waals surface area contributed by atoms with Gasteiger partial charge in [-0.25, -0.2) is 0 Å². The molecule has 0 saturated carbocycles. The maximum absolute atomic E-state index is 5.97. The highest BCUT2D eigenvalue weighted by Crippen LogP contribution is 2.32. The quantitative estimate of drug-likeness (QED) is 0.650. The number of ether oxygens (including phenoxy) is 2. The second-order valence-electron chi connectivity index (χ2n) is 8.23. The number of benzene rings is 2. The molecule has 1 aliphatic heterocycles. The summed E-state index contributed by atoms with van der Waals surface area (Å²) in [6, 6.07) is 19.2. The van der Waals surface area contributed by atoms with Crippen molar-refractivity contribution in [2.75, 3.05) is 26.2 Å². The van der Waals surface area contributed by atoms with Crippen molar-refractivity contribution in [3.63, 3.8) is 0 Å².